The van der Waals surface area contributed by atoms with Gasteiger partial charge in [-0.25, -0.2) is 0 Å². The van der Waals surface area contributed by atoms with Crippen molar-refractivity contribution in [3.05, 3.63) is 0 Å². The predicted molar refractivity (Wildman–Crippen MR) is 42.3 cm³/mol. The number of hydrogen-bond acceptors (Lipinski definition) is 3. The second-order valence-electron chi connectivity index (χ2n) is 2.18. The second kappa shape index (κ2) is 7.54. The molecule has 0 aliphatic rings. The van der Waals surface area contributed by atoms with Gasteiger partial charge >= 0.3 is 41.5 Å². The van der Waals surface area contributed by atoms with Gasteiger partial charge in [-0.2, -0.15) is 0 Å². The van der Waals surface area contributed by atoms with Crippen LogP contribution in [-0.2, 0) is 9.59 Å². The van der Waals surface area contributed by atoms with E-state index in [0.717, 1.165) is 0 Å². The van der Waals surface area contributed by atoms with E-state index in [1.807, 2.05) is 0 Å². The van der Waals surface area contributed by atoms with Crippen LogP contribution in [0.5, 0.6) is 0 Å². The second-order valence-corrected chi connectivity index (χ2v) is 2.18. The molecule has 0 saturated carbocycles. The molecule has 1 unspecified atom stereocenters. The molecule has 0 heterocycles. The summed E-state index contributed by atoms with van der Waals surface area (Å²) in [5.41, 5.74) is 0. The first-order valence-electron chi connectivity index (χ1n) is 3.14. The molecule has 66 valence electrons. The van der Waals surface area contributed by atoms with Gasteiger partial charge in [0.15, 0.2) is 0 Å². The predicted octanol–water partition coefficient (Wildman–Crippen LogP) is -0.962. The molecule has 0 aliphatic carbocycles. The average molecular weight is 186 g/mol. The molecule has 0 bridgehead atoms. The number of rotatable bonds is 5. The van der Waals surface area contributed by atoms with Gasteiger partial charge in [0.2, 0.25) is 0 Å². The quantitative estimate of drug-likeness (QED) is 0.480. The molecule has 0 saturated heterocycles. The van der Waals surface area contributed by atoms with Gasteiger partial charge in [0.05, 0.1) is 12.5 Å². The van der Waals surface area contributed by atoms with Crippen molar-refractivity contribution in [3.8, 4) is 0 Å². The maximum absolute atomic E-state index is 9.95. The Labute approximate surface area is 91.7 Å². The van der Waals surface area contributed by atoms with Gasteiger partial charge in [0.1, 0.15) is 0 Å². The van der Waals surface area contributed by atoms with Gasteiger partial charge in [-0.15, -0.1) is 0 Å². The van der Waals surface area contributed by atoms with Crippen LogP contribution >= 0.6 is 0 Å². The van der Waals surface area contributed by atoms with Crippen molar-refractivity contribution in [1.29, 1.82) is 0 Å². The summed E-state index contributed by atoms with van der Waals surface area (Å²) < 4.78 is 0. The molecule has 6 heteroatoms. The van der Waals surface area contributed by atoms with E-state index < -0.39 is 24.5 Å². The summed E-state index contributed by atoms with van der Waals surface area (Å²) in [7, 11) is 0. The number of aliphatic carboxylic acids is 2. The Bertz CT molecular complexity index is 158. The minimum absolute atomic E-state index is 0. The molecule has 0 aromatic heterocycles. The van der Waals surface area contributed by atoms with Crippen LogP contribution in [0.1, 0.15) is 19.3 Å². The standard InChI is InChI=1S/C6H10O5.Na.H/c7-4(3-6(10)11)1-2-5(8)9;;/h4,7H,1-3H2,(H,8,9)(H,10,11);;. The topological polar surface area (TPSA) is 94.8 Å². The van der Waals surface area contributed by atoms with Crippen LogP contribution in [-0.4, -0.2) is 62.9 Å². The average Bonchev–Trinajstić information content (AvgIpc) is 1.82. The molecule has 0 aromatic rings. The Hall–Kier alpha value is -0.100. The van der Waals surface area contributed by atoms with Gasteiger partial charge < -0.3 is 15.3 Å². The molecule has 0 radical (unpaired) electrons. The normalized spacial score (nSPS) is 11.4. The monoisotopic (exact) mass is 186 g/mol. The van der Waals surface area contributed by atoms with Crippen LogP contribution in [0.15, 0.2) is 0 Å². The first-order chi connectivity index (χ1) is 5.02. The molecular weight excluding hydrogens is 175 g/mol. The number of hydrogen-bond donors (Lipinski definition) is 3. The summed E-state index contributed by atoms with van der Waals surface area (Å²) in [5, 5.41) is 25.1. The molecule has 5 nitrogen and oxygen atoms in total. The van der Waals surface area contributed by atoms with Crippen molar-refractivity contribution in [2.24, 2.45) is 0 Å². The molecule has 0 amide bonds. The van der Waals surface area contributed by atoms with E-state index >= 15 is 0 Å². The molecule has 3 N–H and O–H groups in total. The fraction of sp³-hybridized carbons (Fsp3) is 0.667. The van der Waals surface area contributed by atoms with Gasteiger partial charge in [-0.1, -0.05) is 0 Å². The third-order valence-electron chi connectivity index (χ3n) is 1.10. The first-order valence-corrected chi connectivity index (χ1v) is 3.14. The van der Waals surface area contributed by atoms with E-state index in [-0.39, 0.29) is 42.4 Å². The van der Waals surface area contributed by atoms with E-state index in [9.17, 15) is 9.59 Å². The Morgan fingerprint density at radius 2 is 1.67 bits per heavy atom. The zero-order valence-corrected chi connectivity index (χ0v) is 5.86. The van der Waals surface area contributed by atoms with Crippen molar-refractivity contribution >= 4 is 41.5 Å². The number of carboxylic acids is 2. The molecule has 12 heavy (non-hydrogen) atoms. The molecular formula is C6H11NaO5. The van der Waals surface area contributed by atoms with Crippen LogP contribution < -0.4 is 0 Å². The van der Waals surface area contributed by atoms with Gasteiger partial charge in [0.25, 0.3) is 0 Å². The number of carbonyl (C=O) groups is 2. The van der Waals surface area contributed by atoms with E-state index in [1.54, 1.807) is 0 Å². The van der Waals surface area contributed by atoms with Crippen molar-refractivity contribution in [2.45, 2.75) is 25.4 Å². The summed E-state index contributed by atoms with van der Waals surface area (Å²) in [6, 6.07) is 0. The first kappa shape index (κ1) is 14.4. The van der Waals surface area contributed by atoms with Crippen LogP contribution in [0.25, 0.3) is 0 Å². The zero-order chi connectivity index (χ0) is 8.85. The molecule has 0 spiro atoms. The summed E-state index contributed by atoms with van der Waals surface area (Å²) >= 11 is 0. The Morgan fingerprint density at radius 3 is 2.00 bits per heavy atom. The molecule has 0 aliphatic heterocycles. The summed E-state index contributed by atoms with van der Waals surface area (Å²) in [6.07, 6.45) is -1.66. The molecule has 1 atom stereocenters. The van der Waals surface area contributed by atoms with Crippen LogP contribution in [0, 0.1) is 0 Å². The minimum atomic E-state index is -1.12. The van der Waals surface area contributed by atoms with Crippen LogP contribution in [0.2, 0.25) is 0 Å². The SMILES string of the molecule is O=C(O)CCC(O)CC(=O)O.[NaH]. The maximum atomic E-state index is 9.95. The van der Waals surface area contributed by atoms with Crippen LogP contribution in [0.3, 0.4) is 0 Å². The van der Waals surface area contributed by atoms with E-state index in [4.69, 9.17) is 15.3 Å². The van der Waals surface area contributed by atoms with Gasteiger partial charge in [-0.05, 0) is 6.42 Å². The van der Waals surface area contributed by atoms with Gasteiger partial charge in [0, 0.05) is 6.42 Å². The summed E-state index contributed by atoms with van der Waals surface area (Å²) in [6.45, 7) is 0. The Morgan fingerprint density at radius 1 is 1.17 bits per heavy atom. The third-order valence-corrected chi connectivity index (χ3v) is 1.10. The number of carboxylic acid groups (broad SMARTS) is 2. The van der Waals surface area contributed by atoms with Gasteiger partial charge in [-0.3, -0.25) is 9.59 Å². The van der Waals surface area contributed by atoms with Crippen molar-refractivity contribution in [2.75, 3.05) is 0 Å². The Kier molecular flexibility index (Phi) is 9.07. The van der Waals surface area contributed by atoms with E-state index in [0.29, 0.717) is 0 Å². The van der Waals surface area contributed by atoms with Crippen LogP contribution in [0.4, 0.5) is 0 Å². The fourth-order valence-corrected chi connectivity index (χ4v) is 0.594. The summed E-state index contributed by atoms with van der Waals surface area (Å²) in [4.78, 5) is 19.9. The summed E-state index contributed by atoms with van der Waals surface area (Å²) in [5.74, 6) is -2.16. The Balaban J connectivity index is 0. The van der Waals surface area contributed by atoms with Crippen molar-refractivity contribution in [1.82, 2.24) is 0 Å². The van der Waals surface area contributed by atoms with E-state index in [2.05, 4.69) is 0 Å². The van der Waals surface area contributed by atoms with Crippen molar-refractivity contribution in [3.63, 3.8) is 0 Å². The molecule has 0 aromatic carbocycles. The van der Waals surface area contributed by atoms with E-state index in [1.165, 1.54) is 0 Å². The number of aliphatic hydroxyl groups excluding tert-OH is 1. The fourth-order valence-electron chi connectivity index (χ4n) is 0.594. The molecule has 0 rings (SSSR count). The third kappa shape index (κ3) is 9.90. The molecule has 0 fully saturated rings. The van der Waals surface area contributed by atoms with Crippen molar-refractivity contribution < 1.29 is 24.9 Å². The number of aliphatic hydroxyl groups is 1. The zero-order valence-electron chi connectivity index (χ0n) is 5.86.